The summed E-state index contributed by atoms with van der Waals surface area (Å²) in [5.74, 6) is -1.29. The van der Waals surface area contributed by atoms with Crippen LogP contribution < -0.4 is 0 Å². The van der Waals surface area contributed by atoms with Crippen molar-refractivity contribution < 1.29 is 117 Å². The van der Waals surface area contributed by atoms with Crippen molar-refractivity contribution in [3.05, 3.63) is 12.2 Å². The summed E-state index contributed by atoms with van der Waals surface area (Å²) in [6.45, 7) is 5.81. The lowest BCUT2D eigenvalue weighted by Crippen LogP contribution is -2.69. The molecule has 24 nitrogen and oxygen atoms in total. The van der Waals surface area contributed by atoms with E-state index in [1.54, 1.807) is 0 Å². The van der Waals surface area contributed by atoms with Crippen molar-refractivity contribution in [3.63, 3.8) is 0 Å². The van der Waals surface area contributed by atoms with Crippen LogP contribution in [0.25, 0.3) is 0 Å². The molecule has 1 aliphatic carbocycles. The van der Waals surface area contributed by atoms with E-state index in [1.807, 2.05) is 0 Å². The predicted octanol–water partition coefficient (Wildman–Crippen LogP) is 12.5. The molecule has 25 heteroatoms. The molecule has 2 saturated heterocycles. The van der Waals surface area contributed by atoms with Crippen LogP contribution in [0, 0.1) is 5.92 Å². The molecule has 0 aromatic rings. The van der Waals surface area contributed by atoms with Crippen LogP contribution in [0.2, 0.25) is 0 Å². The second-order valence-electron chi connectivity index (χ2n) is 29.8. The number of allylic oxidation sites excluding steroid dienone is 2. The van der Waals surface area contributed by atoms with Gasteiger partial charge in [0.25, 0.3) is 0 Å². The number of carbonyl (C=O) groups excluding carboxylic acids is 3. The fourth-order valence-corrected chi connectivity index (χ4v) is 14.7. The molecule has 606 valence electrons. The fraction of sp³-hybridized carbons (Fsp3) is 0.936. The highest BCUT2D eigenvalue weighted by atomic mass is 31.2. The van der Waals surface area contributed by atoms with E-state index in [0.29, 0.717) is 25.2 Å². The lowest BCUT2D eigenvalue weighted by Gasteiger charge is -2.49. The van der Waals surface area contributed by atoms with Gasteiger partial charge in [0.05, 0.1) is 13.2 Å². The maximum absolute atomic E-state index is 14.4. The van der Waals surface area contributed by atoms with Gasteiger partial charge in [-0.25, -0.2) is 4.57 Å². The minimum atomic E-state index is -5.70. The number of carbonyl (C=O) groups is 3. The van der Waals surface area contributed by atoms with E-state index in [4.69, 9.17) is 42.2 Å². The summed E-state index contributed by atoms with van der Waals surface area (Å²) < 4.78 is 65.3. The summed E-state index contributed by atoms with van der Waals surface area (Å²) >= 11 is 0. The zero-order valence-electron chi connectivity index (χ0n) is 63.8. The number of hydrogen-bond acceptors (Lipinski definition) is 23. The molecule has 3 fully saturated rings. The zero-order valence-corrected chi connectivity index (χ0v) is 64.7. The molecule has 19 unspecified atom stereocenters. The number of phosphoric acid groups is 1. The highest BCUT2D eigenvalue weighted by Gasteiger charge is 2.58. The molecule has 2 heterocycles. The second-order valence-corrected chi connectivity index (χ2v) is 31.2. The normalized spacial score (nSPS) is 27.2. The van der Waals surface area contributed by atoms with Gasteiger partial charge < -0.3 is 89.1 Å². The van der Waals surface area contributed by atoms with Crippen LogP contribution in [-0.4, -0.2) is 204 Å². The summed E-state index contributed by atoms with van der Waals surface area (Å²) in [5, 5.41) is 110. The lowest BCUT2D eigenvalue weighted by atomic mass is 9.84. The summed E-state index contributed by atoms with van der Waals surface area (Å²) in [7, 11) is -5.70. The minimum Gasteiger partial charge on any atom is -0.463 e. The Morgan fingerprint density at radius 3 is 1.16 bits per heavy atom. The van der Waals surface area contributed by atoms with E-state index in [9.17, 15) is 74.9 Å². The zero-order chi connectivity index (χ0) is 75.5. The second kappa shape index (κ2) is 58.6. The van der Waals surface area contributed by atoms with Crippen molar-refractivity contribution in [1.29, 1.82) is 0 Å². The van der Waals surface area contributed by atoms with Crippen LogP contribution in [-0.2, 0) is 61.2 Å². The molecule has 2 aliphatic heterocycles. The van der Waals surface area contributed by atoms with Gasteiger partial charge in [-0.3, -0.25) is 23.4 Å². The molecule has 0 radical (unpaired) electrons. The Bertz CT molecular complexity index is 2180. The van der Waals surface area contributed by atoms with Gasteiger partial charge in [-0.15, -0.1) is 0 Å². The first kappa shape index (κ1) is 94.9. The first-order valence-corrected chi connectivity index (χ1v) is 42.4. The van der Waals surface area contributed by atoms with Crippen LogP contribution in [0.4, 0.5) is 0 Å². The van der Waals surface area contributed by atoms with Gasteiger partial charge >= 0.3 is 25.7 Å². The average Bonchev–Trinajstić information content (AvgIpc) is 0.755. The Morgan fingerprint density at radius 1 is 0.398 bits per heavy atom. The topological polar surface area (TPSA) is 374 Å². The highest BCUT2D eigenvalue weighted by Crippen LogP contribution is 2.49. The molecule has 3 rings (SSSR count). The van der Waals surface area contributed by atoms with Gasteiger partial charge in [0.15, 0.2) is 18.7 Å². The van der Waals surface area contributed by atoms with E-state index in [1.165, 1.54) is 148 Å². The Kier molecular flexibility index (Phi) is 54.0. The summed E-state index contributed by atoms with van der Waals surface area (Å²) in [4.78, 5) is 51.2. The molecular formula is C78H145O24P. The quantitative estimate of drug-likeness (QED) is 0.00886. The van der Waals surface area contributed by atoms with Crippen molar-refractivity contribution in [2.45, 2.75) is 434 Å². The number of unbranched alkanes of at least 4 members (excludes halogenated alkanes) is 37. The van der Waals surface area contributed by atoms with Crippen LogP contribution in [0.5, 0.6) is 0 Å². The number of aliphatic hydroxyl groups excluding tert-OH is 10. The molecule has 11 N–H and O–H groups in total. The van der Waals surface area contributed by atoms with Gasteiger partial charge in [-0.2, -0.15) is 0 Å². The summed E-state index contributed by atoms with van der Waals surface area (Å²) in [5.41, 5.74) is 0. The number of hydrogen-bond donors (Lipinski definition) is 11. The monoisotopic (exact) mass is 1500 g/mol. The predicted molar refractivity (Wildman–Crippen MR) is 393 cm³/mol. The van der Waals surface area contributed by atoms with Gasteiger partial charge in [0.1, 0.15) is 98.7 Å². The molecule has 3 aliphatic rings. The van der Waals surface area contributed by atoms with Gasteiger partial charge in [-0.05, 0) is 50.9 Å². The van der Waals surface area contributed by atoms with Crippen molar-refractivity contribution in [3.8, 4) is 0 Å². The van der Waals surface area contributed by atoms with Gasteiger partial charge in [-0.1, -0.05) is 277 Å². The Morgan fingerprint density at radius 2 is 0.738 bits per heavy atom. The molecule has 0 amide bonds. The van der Waals surface area contributed by atoms with Gasteiger partial charge in [0.2, 0.25) is 0 Å². The number of phosphoric ester groups is 1. The molecule has 103 heavy (non-hydrogen) atoms. The van der Waals surface area contributed by atoms with E-state index in [-0.39, 0.29) is 19.3 Å². The summed E-state index contributed by atoms with van der Waals surface area (Å²) in [6.07, 6.45) is 18.2. The van der Waals surface area contributed by atoms with Crippen molar-refractivity contribution >= 4 is 25.7 Å². The lowest BCUT2D eigenvalue weighted by molar-refractivity contribution is -0.360. The number of aliphatic hydroxyl groups is 10. The third-order valence-corrected chi connectivity index (χ3v) is 21.4. The summed E-state index contributed by atoms with van der Waals surface area (Å²) in [6, 6.07) is 0. The van der Waals surface area contributed by atoms with Crippen molar-refractivity contribution in [1.82, 2.24) is 0 Å². The van der Waals surface area contributed by atoms with E-state index < -0.39 is 156 Å². The van der Waals surface area contributed by atoms with E-state index in [2.05, 4.69) is 39.8 Å². The number of ether oxygens (including phenoxy) is 7. The maximum atomic E-state index is 14.4. The fourth-order valence-electron chi connectivity index (χ4n) is 13.7. The smallest absolute Gasteiger partial charge is 0.463 e. The maximum Gasteiger partial charge on any atom is 0.472 e. The SMILES string of the molecule is CCCCCC/C=C\CCCCCCCCCC(=O)OC(COC(=O)CCCCCCCCC(C)CCCCCCCC)COP(=O)(O)OC1C(OC2OC(CO)C(O)C(O)C2O)C(O)C(O)C(O)C1OC1OC(COC(=O)CCCCCCCCCCCCCCCCCCC)C(O)C(O)C1O. The molecule has 0 bridgehead atoms. The van der Waals surface area contributed by atoms with Crippen molar-refractivity contribution in [2.75, 3.05) is 26.4 Å². The third-order valence-electron chi connectivity index (χ3n) is 20.4. The first-order valence-electron chi connectivity index (χ1n) is 40.9. The highest BCUT2D eigenvalue weighted by molar-refractivity contribution is 7.47. The number of esters is 3. The number of rotatable bonds is 64. The standard InChI is InChI=1S/C78H145O24P/c1-5-8-11-14-17-19-21-23-25-26-28-29-31-33-35-41-47-52-63(81)95-57-61-66(84)68(86)73(91)78(99-61)101-75-71(89)69(87)70(88)74(100-77-72(90)67(85)65(83)60(54-79)98-77)76(75)102-103(92,93)96-56-59(97-64(82)53-48-43-36-34-32-30-27-24-22-20-18-15-12-9-6-2)55-94-62(80)51-46-42-38-37-40-45-50-58(4)49-44-39-16-13-10-7-3/h20,22,58-61,65-79,83-91H,5-19,21,23-57H2,1-4H3,(H,92,93)/b22-20-. The van der Waals surface area contributed by atoms with Gasteiger partial charge in [0, 0.05) is 19.3 Å². The van der Waals surface area contributed by atoms with Crippen molar-refractivity contribution in [2.24, 2.45) is 5.92 Å². The first-order chi connectivity index (χ1) is 49.7. The Balaban J connectivity index is 1.70. The van der Waals surface area contributed by atoms with Crippen LogP contribution in [0.15, 0.2) is 12.2 Å². The van der Waals surface area contributed by atoms with Crippen LogP contribution in [0.1, 0.15) is 329 Å². The minimum absolute atomic E-state index is 0.0326. The molecule has 0 aromatic carbocycles. The molecule has 1 saturated carbocycles. The van der Waals surface area contributed by atoms with E-state index >= 15 is 0 Å². The molecule has 19 atom stereocenters. The van der Waals surface area contributed by atoms with Crippen LogP contribution in [0.3, 0.4) is 0 Å². The Labute approximate surface area is 618 Å². The molecule has 0 aromatic heterocycles. The van der Waals surface area contributed by atoms with E-state index in [0.717, 1.165) is 116 Å². The average molecular weight is 1500 g/mol. The molecule has 0 spiro atoms. The Hall–Kier alpha value is -2.30. The molecular weight excluding hydrogens is 1350 g/mol. The third kappa shape index (κ3) is 41.4. The largest absolute Gasteiger partial charge is 0.472 e. The van der Waals surface area contributed by atoms with Crippen LogP contribution >= 0.6 is 7.82 Å².